The Morgan fingerprint density at radius 2 is 1.89 bits per heavy atom. The molecule has 1 aromatic carbocycles. The van der Waals surface area contributed by atoms with Crippen molar-refractivity contribution in [1.29, 1.82) is 0 Å². The van der Waals surface area contributed by atoms with Gasteiger partial charge in [-0.3, -0.25) is 4.79 Å². The molecule has 0 atom stereocenters. The number of benzene rings is 1. The van der Waals surface area contributed by atoms with Gasteiger partial charge in [-0.1, -0.05) is 6.07 Å². The van der Waals surface area contributed by atoms with Crippen LogP contribution in [0.1, 0.15) is 5.56 Å². The van der Waals surface area contributed by atoms with E-state index in [9.17, 15) is 13.6 Å². The monoisotopic (exact) mass is 371 g/mol. The molecule has 3 aromatic rings. The van der Waals surface area contributed by atoms with Crippen LogP contribution in [0.3, 0.4) is 0 Å². The fourth-order valence-corrected chi connectivity index (χ4v) is 2.81. The van der Waals surface area contributed by atoms with Gasteiger partial charge in [-0.05, 0) is 12.1 Å². The maximum Gasteiger partial charge on any atom is 0.226 e. The summed E-state index contributed by atoms with van der Waals surface area (Å²) in [6.07, 6.45) is 4.35. The highest BCUT2D eigenvalue weighted by molar-refractivity contribution is 5.81. The number of anilines is 1. The molecule has 27 heavy (non-hydrogen) atoms. The molecule has 1 aliphatic rings. The maximum atomic E-state index is 13.6. The van der Waals surface area contributed by atoms with E-state index in [2.05, 4.69) is 25.4 Å². The van der Waals surface area contributed by atoms with Crippen LogP contribution in [-0.2, 0) is 11.3 Å². The number of hydrogen-bond donors (Lipinski definition) is 1. The van der Waals surface area contributed by atoms with Gasteiger partial charge in [0.1, 0.15) is 36.4 Å². The third-order valence-corrected chi connectivity index (χ3v) is 4.37. The third kappa shape index (κ3) is 3.46. The van der Waals surface area contributed by atoms with Crippen LogP contribution in [-0.4, -0.2) is 43.7 Å². The Balaban J connectivity index is 1.34. The van der Waals surface area contributed by atoms with Gasteiger partial charge >= 0.3 is 0 Å². The summed E-state index contributed by atoms with van der Waals surface area (Å²) in [6, 6.07) is 5.36. The quantitative estimate of drug-likeness (QED) is 0.722. The molecule has 2 aromatic heterocycles. The number of aromatic nitrogens is 5. The van der Waals surface area contributed by atoms with Gasteiger partial charge in [0.15, 0.2) is 5.82 Å². The van der Waals surface area contributed by atoms with Crippen molar-refractivity contribution < 1.29 is 13.6 Å². The first-order valence-electron chi connectivity index (χ1n) is 8.24. The van der Waals surface area contributed by atoms with E-state index in [0.717, 1.165) is 12.1 Å². The highest BCUT2D eigenvalue weighted by Gasteiger charge is 2.33. The predicted octanol–water partition coefficient (Wildman–Crippen LogP) is 1.09. The SMILES string of the molecule is O=C(NCc1c(F)cccc1F)C1CN(c2cc(-n3cncn3)ncn2)C1. The molecule has 1 amide bonds. The molecule has 0 unspecified atom stereocenters. The Bertz CT molecular complexity index is 937. The van der Waals surface area contributed by atoms with Crippen LogP contribution in [0.15, 0.2) is 43.2 Å². The first-order chi connectivity index (χ1) is 13.1. The molecular formula is C17H15F2N7O. The van der Waals surface area contributed by atoms with Crippen molar-refractivity contribution in [1.82, 2.24) is 30.0 Å². The number of carbonyl (C=O) groups excluding carboxylic acids is 1. The topological polar surface area (TPSA) is 88.8 Å². The fourth-order valence-electron chi connectivity index (χ4n) is 2.81. The molecule has 4 rings (SSSR count). The molecule has 0 saturated carbocycles. The maximum absolute atomic E-state index is 13.6. The summed E-state index contributed by atoms with van der Waals surface area (Å²) in [5, 5.41) is 6.60. The molecule has 1 N–H and O–H groups in total. The lowest BCUT2D eigenvalue weighted by Crippen LogP contribution is -2.54. The number of hydrogen-bond acceptors (Lipinski definition) is 6. The Kier molecular flexibility index (Phi) is 4.45. The summed E-state index contributed by atoms with van der Waals surface area (Å²) >= 11 is 0. The summed E-state index contributed by atoms with van der Waals surface area (Å²) in [6.45, 7) is 0.733. The Labute approximate surface area is 152 Å². The van der Waals surface area contributed by atoms with Crippen LogP contribution in [0.2, 0.25) is 0 Å². The first kappa shape index (κ1) is 17.0. The summed E-state index contributed by atoms with van der Waals surface area (Å²) < 4.78 is 28.7. The third-order valence-electron chi connectivity index (χ3n) is 4.37. The zero-order valence-electron chi connectivity index (χ0n) is 14.1. The summed E-state index contributed by atoms with van der Waals surface area (Å²) in [4.78, 5) is 26.3. The molecule has 0 bridgehead atoms. The lowest BCUT2D eigenvalue weighted by molar-refractivity contribution is -0.125. The van der Waals surface area contributed by atoms with E-state index in [0.29, 0.717) is 24.7 Å². The van der Waals surface area contributed by atoms with E-state index in [1.807, 2.05) is 4.90 Å². The van der Waals surface area contributed by atoms with Gasteiger partial charge in [0.05, 0.1) is 5.92 Å². The number of rotatable bonds is 5. The predicted molar refractivity (Wildman–Crippen MR) is 90.9 cm³/mol. The average Bonchev–Trinajstić information content (AvgIpc) is 3.15. The van der Waals surface area contributed by atoms with E-state index >= 15 is 0 Å². The van der Waals surface area contributed by atoms with E-state index < -0.39 is 11.6 Å². The van der Waals surface area contributed by atoms with Gasteiger partial charge in [-0.25, -0.2) is 28.4 Å². The Morgan fingerprint density at radius 1 is 1.15 bits per heavy atom. The largest absolute Gasteiger partial charge is 0.355 e. The molecule has 10 heteroatoms. The Morgan fingerprint density at radius 3 is 2.59 bits per heavy atom. The molecule has 1 aliphatic heterocycles. The number of nitrogens with zero attached hydrogens (tertiary/aromatic N) is 6. The highest BCUT2D eigenvalue weighted by Crippen LogP contribution is 2.23. The van der Waals surface area contributed by atoms with Gasteiger partial charge in [0.2, 0.25) is 5.91 Å². The normalized spacial score (nSPS) is 14.1. The summed E-state index contributed by atoms with van der Waals surface area (Å²) in [5.41, 5.74) is -0.143. The minimum atomic E-state index is -0.674. The van der Waals surface area contributed by atoms with Crippen LogP contribution in [0.5, 0.6) is 0 Å². The van der Waals surface area contributed by atoms with Crippen LogP contribution < -0.4 is 10.2 Å². The smallest absolute Gasteiger partial charge is 0.226 e. The zero-order chi connectivity index (χ0) is 18.8. The van der Waals surface area contributed by atoms with Gasteiger partial charge < -0.3 is 10.2 Å². The van der Waals surface area contributed by atoms with E-state index in [1.54, 1.807) is 6.07 Å². The second kappa shape index (κ2) is 7.06. The molecular weight excluding hydrogens is 356 g/mol. The van der Waals surface area contributed by atoms with Crippen LogP contribution >= 0.6 is 0 Å². The van der Waals surface area contributed by atoms with Crippen LogP contribution in [0.4, 0.5) is 14.6 Å². The van der Waals surface area contributed by atoms with Gasteiger partial charge in [0, 0.05) is 31.3 Å². The Hall–Kier alpha value is -3.43. The van der Waals surface area contributed by atoms with Crippen molar-refractivity contribution in [3.8, 4) is 5.82 Å². The molecule has 8 nitrogen and oxygen atoms in total. The lowest BCUT2D eigenvalue weighted by Gasteiger charge is -2.39. The molecule has 3 heterocycles. The molecule has 0 radical (unpaired) electrons. The van der Waals surface area contributed by atoms with Crippen LogP contribution in [0.25, 0.3) is 5.82 Å². The number of nitrogens with one attached hydrogen (secondary N) is 1. The van der Waals surface area contributed by atoms with E-state index in [4.69, 9.17) is 0 Å². The lowest BCUT2D eigenvalue weighted by atomic mass is 9.99. The van der Waals surface area contributed by atoms with Crippen molar-refractivity contribution in [2.24, 2.45) is 5.92 Å². The van der Waals surface area contributed by atoms with Crippen molar-refractivity contribution in [2.75, 3.05) is 18.0 Å². The van der Waals surface area contributed by atoms with Gasteiger partial charge in [-0.15, -0.1) is 0 Å². The molecule has 138 valence electrons. The molecule has 1 saturated heterocycles. The standard InChI is InChI=1S/C17H15F2N7O/c18-13-2-1-3-14(19)12(13)5-21-17(27)11-6-25(7-11)15-4-16(23-9-22-15)26-10-20-8-24-26/h1-4,8-11H,5-7H2,(H,21,27). The van der Waals surface area contributed by atoms with Gasteiger partial charge in [-0.2, -0.15) is 5.10 Å². The van der Waals surface area contributed by atoms with Crippen LogP contribution in [0, 0.1) is 17.6 Å². The average molecular weight is 371 g/mol. The molecule has 0 aliphatic carbocycles. The van der Waals surface area contributed by atoms with E-state index in [1.165, 1.54) is 29.7 Å². The number of amides is 1. The molecule has 0 spiro atoms. The van der Waals surface area contributed by atoms with Crippen molar-refractivity contribution in [3.63, 3.8) is 0 Å². The summed E-state index contributed by atoms with van der Waals surface area (Å²) in [7, 11) is 0. The second-order valence-electron chi connectivity index (χ2n) is 6.09. The van der Waals surface area contributed by atoms with E-state index in [-0.39, 0.29) is 23.9 Å². The summed E-state index contributed by atoms with van der Waals surface area (Å²) in [5.74, 6) is -0.636. The second-order valence-corrected chi connectivity index (χ2v) is 6.09. The number of carbonyl (C=O) groups is 1. The fraction of sp³-hybridized carbons (Fsp3) is 0.235. The molecule has 1 fully saturated rings. The minimum Gasteiger partial charge on any atom is -0.355 e. The van der Waals surface area contributed by atoms with Gasteiger partial charge in [0.25, 0.3) is 0 Å². The minimum absolute atomic E-state index is 0.143. The first-order valence-corrected chi connectivity index (χ1v) is 8.24. The van der Waals surface area contributed by atoms with Crippen molar-refractivity contribution in [3.05, 3.63) is 60.4 Å². The van der Waals surface area contributed by atoms with Crippen molar-refractivity contribution in [2.45, 2.75) is 6.54 Å². The van der Waals surface area contributed by atoms with Crippen molar-refractivity contribution >= 4 is 11.7 Å². The highest BCUT2D eigenvalue weighted by atomic mass is 19.1. The zero-order valence-corrected chi connectivity index (χ0v) is 14.1. The number of halogens is 2.